The Hall–Kier alpha value is -2.44. The lowest BCUT2D eigenvalue weighted by Crippen LogP contribution is -2.31. The summed E-state index contributed by atoms with van der Waals surface area (Å²) >= 11 is 0. The number of aliphatic carboxylic acids is 1. The quantitative estimate of drug-likeness (QED) is 0.653. The highest BCUT2D eigenvalue weighted by atomic mass is 16.4. The summed E-state index contributed by atoms with van der Waals surface area (Å²) in [5.74, 6) is -1.33. The van der Waals surface area contributed by atoms with E-state index < -0.39 is 11.9 Å². The number of nitrogens with two attached hydrogens (primary N) is 1. The third kappa shape index (κ3) is 3.56. The molecule has 0 radical (unpaired) electrons. The van der Waals surface area contributed by atoms with Crippen LogP contribution in [0.2, 0.25) is 0 Å². The van der Waals surface area contributed by atoms with E-state index in [0.717, 1.165) is 0 Å². The first-order valence-electron chi connectivity index (χ1n) is 4.75. The lowest BCUT2D eigenvalue weighted by Gasteiger charge is -2.18. The molecule has 3 N–H and O–H groups in total. The molecule has 1 amide bonds. The normalized spacial score (nSPS) is 9.65. The van der Waals surface area contributed by atoms with Gasteiger partial charge < -0.3 is 15.7 Å². The number of hydrogen-bond donors (Lipinski definition) is 2. The van der Waals surface area contributed by atoms with Crippen LogP contribution in [0.3, 0.4) is 0 Å². The maximum absolute atomic E-state index is 10.8. The average molecular weight is 236 g/mol. The molecule has 1 rings (SSSR count). The number of carbonyl (C=O) groups is 2. The van der Waals surface area contributed by atoms with E-state index in [1.54, 1.807) is 6.08 Å². The molecule has 0 aromatic carbocycles. The summed E-state index contributed by atoms with van der Waals surface area (Å²) in [6, 6.07) is 2.88. The fraction of sp³-hybridized carbons (Fsp3) is 0.200. The Morgan fingerprint density at radius 3 is 2.59 bits per heavy atom. The molecule has 0 unspecified atom stereocenters. The van der Waals surface area contributed by atoms with Gasteiger partial charge in [0.2, 0.25) is 0 Å². The summed E-state index contributed by atoms with van der Waals surface area (Å²) in [5, 5.41) is 16.0. The van der Waals surface area contributed by atoms with Crippen molar-refractivity contribution in [3.63, 3.8) is 0 Å². The highest BCUT2D eigenvalue weighted by Crippen LogP contribution is 2.09. The van der Waals surface area contributed by atoms with E-state index >= 15 is 0 Å². The SMILES string of the molecule is C=CCN(CC(=O)O)c1ccc(C(N)=O)nn1. The van der Waals surface area contributed by atoms with E-state index in [4.69, 9.17) is 10.8 Å². The van der Waals surface area contributed by atoms with Gasteiger partial charge in [-0.2, -0.15) is 0 Å². The van der Waals surface area contributed by atoms with Crippen LogP contribution >= 0.6 is 0 Å². The number of amides is 1. The number of carbonyl (C=O) groups excluding carboxylic acids is 1. The highest BCUT2D eigenvalue weighted by molar-refractivity contribution is 5.90. The van der Waals surface area contributed by atoms with Crippen molar-refractivity contribution in [2.45, 2.75) is 0 Å². The second-order valence-electron chi connectivity index (χ2n) is 3.20. The Bertz CT molecular complexity index is 430. The molecule has 1 heterocycles. The molecule has 0 aliphatic heterocycles. The van der Waals surface area contributed by atoms with Crippen LogP contribution in [0.5, 0.6) is 0 Å². The fourth-order valence-corrected chi connectivity index (χ4v) is 1.18. The van der Waals surface area contributed by atoms with Crippen molar-refractivity contribution in [1.82, 2.24) is 10.2 Å². The third-order valence-electron chi connectivity index (χ3n) is 1.90. The molecule has 0 atom stereocenters. The van der Waals surface area contributed by atoms with Crippen molar-refractivity contribution >= 4 is 17.7 Å². The van der Waals surface area contributed by atoms with Crippen molar-refractivity contribution in [1.29, 1.82) is 0 Å². The Kier molecular flexibility index (Phi) is 4.15. The first-order chi connectivity index (χ1) is 8.04. The first kappa shape index (κ1) is 12.6. The van der Waals surface area contributed by atoms with Crippen molar-refractivity contribution in [2.75, 3.05) is 18.0 Å². The molecule has 0 saturated heterocycles. The molecule has 7 nitrogen and oxygen atoms in total. The van der Waals surface area contributed by atoms with Crippen molar-refractivity contribution in [3.8, 4) is 0 Å². The fourth-order valence-electron chi connectivity index (χ4n) is 1.18. The highest BCUT2D eigenvalue weighted by Gasteiger charge is 2.12. The van der Waals surface area contributed by atoms with Gasteiger partial charge in [0, 0.05) is 6.54 Å². The van der Waals surface area contributed by atoms with E-state index in [0.29, 0.717) is 12.4 Å². The Labute approximate surface area is 97.6 Å². The molecule has 0 spiro atoms. The zero-order valence-corrected chi connectivity index (χ0v) is 9.04. The van der Waals surface area contributed by atoms with Gasteiger partial charge in [0.05, 0.1) is 0 Å². The van der Waals surface area contributed by atoms with Crippen LogP contribution < -0.4 is 10.6 Å². The van der Waals surface area contributed by atoms with Gasteiger partial charge in [-0.05, 0) is 12.1 Å². The minimum absolute atomic E-state index is 0.0302. The van der Waals surface area contributed by atoms with Crippen LogP contribution in [0.25, 0.3) is 0 Å². The predicted molar refractivity (Wildman–Crippen MR) is 60.6 cm³/mol. The summed E-state index contributed by atoms with van der Waals surface area (Å²) in [6.45, 7) is 3.61. The molecule has 17 heavy (non-hydrogen) atoms. The molecular formula is C10H12N4O3. The van der Waals surface area contributed by atoms with E-state index in [1.807, 2.05) is 0 Å². The van der Waals surface area contributed by atoms with Crippen LogP contribution in [-0.2, 0) is 4.79 Å². The molecule has 1 aromatic rings. The van der Waals surface area contributed by atoms with Crippen LogP contribution in [0.4, 0.5) is 5.82 Å². The maximum Gasteiger partial charge on any atom is 0.323 e. The van der Waals surface area contributed by atoms with E-state index in [2.05, 4.69) is 16.8 Å². The van der Waals surface area contributed by atoms with Crippen molar-refractivity contribution < 1.29 is 14.7 Å². The Morgan fingerprint density at radius 2 is 2.18 bits per heavy atom. The summed E-state index contributed by atoms with van der Waals surface area (Å²) in [5.41, 5.74) is 5.04. The molecular weight excluding hydrogens is 224 g/mol. The molecule has 0 bridgehead atoms. The number of nitrogens with zero attached hydrogens (tertiary/aromatic N) is 3. The smallest absolute Gasteiger partial charge is 0.323 e. The number of carboxylic acid groups (broad SMARTS) is 1. The zero-order chi connectivity index (χ0) is 12.8. The lowest BCUT2D eigenvalue weighted by atomic mass is 10.3. The molecule has 1 aromatic heterocycles. The number of primary amides is 1. The zero-order valence-electron chi connectivity index (χ0n) is 9.04. The molecule has 0 fully saturated rings. The molecule has 7 heteroatoms. The topological polar surface area (TPSA) is 109 Å². The van der Waals surface area contributed by atoms with Gasteiger partial charge in [0.1, 0.15) is 6.54 Å². The molecule has 0 aliphatic rings. The van der Waals surface area contributed by atoms with Gasteiger partial charge in [-0.15, -0.1) is 16.8 Å². The number of anilines is 1. The van der Waals surface area contributed by atoms with Crippen LogP contribution in [0, 0.1) is 0 Å². The summed E-state index contributed by atoms with van der Waals surface area (Å²) in [6.07, 6.45) is 1.55. The van der Waals surface area contributed by atoms with Crippen molar-refractivity contribution in [2.24, 2.45) is 5.73 Å². The van der Waals surface area contributed by atoms with Crippen molar-refractivity contribution in [3.05, 3.63) is 30.5 Å². The predicted octanol–water partition coefficient (Wildman–Crippen LogP) is -0.348. The van der Waals surface area contributed by atoms with Gasteiger partial charge in [-0.25, -0.2) is 0 Å². The summed E-state index contributed by atoms with van der Waals surface area (Å²) in [7, 11) is 0. The largest absolute Gasteiger partial charge is 0.480 e. The van der Waals surface area contributed by atoms with Gasteiger partial charge >= 0.3 is 5.97 Å². The van der Waals surface area contributed by atoms with E-state index in [-0.39, 0.29) is 12.2 Å². The molecule has 0 saturated carbocycles. The minimum Gasteiger partial charge on any atom is -0.480 e. The van der Waals surface area contributed by atoms with Gasteiger partial charge in [0.15, 0.2) is 11.5 Å². The van der Waals surface area contributed by atoms with Gasteiger partial charge in [0.25, 0.3) is 5.91 Å². The maximum atomic E-state index is 10.8. The molecule has 90 valence electrons. The third-order valence-corrected chi connectivity index (χ3v) is 1.90. The van der Waals surface area contributed by atoms with Gasteiger partial charge in [-0.3, -0.25) is 9.59 Å². The second kappa shape index (κ2) is 5.59. The van der Waals surface area contributed by atoms with E-state index in [1.165, 1.54) is 17.0 Å². The minimum atomic E-state index is -0.993. The Morgan fingerprint density at radius 1 is 1.47 bits per heavy atom. The summed E-state index contributed by atoms with van der Waals surface area (Å²) in [4.78, 5) is 22.9. The number of rotatable bonds is 6. The number of carboxylic acids is 1. The first-order valence-corrected chi connectivity index (χ1v) is 4.75. The number of hydrogen-bond acceptors (Lipinski definition) is 5. The molecule has 0 aliphatic carbocycles. The monoisotopic (exact) mass is 236 g/mol. The number of aromatic nitrogens is 2. The second-order valence-corrected chi connectivity index (χ2v) is 3.20. The Balaban J connectivity index is 2.90. The van der Waals surface area contributed by atoms with E-state index in [9.17, 15) is 9.59 Å². The van der Waals surface area contributed by atoms with Crippen LogP contribution in [0.1, 0.15) is 10.5 Å². The standard InChI is InChI=1S/C10H12N4O3/c1-2-5-14(6-9(15)16)8-4-3-7(10(11)17)12-13-8/h2-4H,1,5-6H2,(H2,11,17)(H,15,16). The average Bonchev–Trinajstić information content (AvgIpc) is 2.28. The lowest BCUT2D eigenvalue weighted by molar-refractivity contribution is -0.135. The van der Waals surface area contributed by atoms with Crippen LogP contribution in [0.15, 0.2) is 24.8 Å². The summed E-state index contributed by atoms with van der Waals surface area (Å²) < 4.78 is 0. The van der Waals surface area contributed by atoms with Crippen LogP contribution in [-0.4, -0.2) is 40.3 Å². The van der Waals surface area contributed by atoms with Gasteiger partial charge in [-0.1, -0.05) is 6.08 Å².